The van der Waals surface area contributed by atoms with Crippen molar-refractivity contribution in [3.8, 4) is 0 Å². The Morgan fingerprint density at radius 2 is 2.05 bits per heavy atom. The van der Waals surface area contributed by atoms with Crippen LogP contribution in [0.4, 0.5) is 5.13 Å². The standard InChI is InChI=1S/C15H29N5S/c1-4-5-16-12-14-13-21-15(17-14)20-10-8-19(9-11-20)7-6-18(2)3/h13,16H,4-12H2,1-3H3. The van der Waals surface area contributed by atoms with E-state index in [9.17, 15) is 0 Å². The highest BCUT2D eigenvalue weighted by molar-refractivity contribution is 7.13. The summed E-state index contributed by atoms with van der Waals surface area (Å²) in [5.74, 6) is 0. The number of hydrogen-bond acceptors (Lipinski definition) is 6. The summed E-state index contributed by atoms with van der Waals surface area (Å²) in [5.41, 5.74) is 1.18. The number of rotatable bonds is 8. The van der Waals surface area contributed by atoms with Crippen molar-refractivity contribution in [2.24, 2.45) is 0 Å². The zero-order valence-electron chi connectivity index (χ0n) is 13.6. The molecule has 1 aromatic rings. The molecule has 0 radical (unpaired) electrons. The van der Waals surface area contributed by atoms with Gasteiger partial charge in [-0.05, 0) is 27.1 Å². The third kappa shape index (κ3) is 5.54. The summed E-state index contributed by atoms with van der Waals surface area (Å²) in [4.78, 5) is 12.0. The number of aromatic nitrogens is 1. The molecule has 1 aliphatic heterocycles. The van der Waals surface area contributed by atoms with Gasteiger partial charge in [-0.3, -0.25) is 4.90 Å². The summed E-state index contributed by atoms with van der Waals surface area (Å²) in [6.45, 7) is 11.0. The van der Waals surface area contributed by atoms with Crippen molar-refractivity contribution in [3.63, 3.8) is 0 Å². The molecule has 0 unspecified atom stereocenters. The predicted molar refractivity (Wildman–Crippen MR) is 91.3 cm³/mol. The van der Waals surface area contributed by atoms with Gasteiger partial charge in [0.05, 0.1) is 5.69 Å². The molecule has 1 aromatic heterocycles. The van der Waals surface area contributed by atoms with E-state index in [1.807, 2.05) is 0 Å². The maximum absolute atomic E-state index is 4.76. The highest BCUT2D eigenvalue weighted by Gasteiger charge is 2.19. The van der Waals surface area contributed by atoms with Crippen molar-refractivity contribution in [2.75, 3.05) is 64.8 Å². The molecule has 0 atom stereocenters. The van der Waals surface area contributed by atoms with Crippen molar-refractivity contribution in [3.05, 3.63) is 11.1 Å². The molecule has 6 heteroatoms. The summed E-state index contributed by atoms with van der Waals surface area (Å²) >= 11 is 1.78. The van der Waals surface area contributed by atoms with Crippen molar-refractivity contribution in [2.45, 2.75) is 19.9 Å². The van der Waals surface area contributed by atoms with Crippen molar-refractivity contribution < 1.29 is 0 Å². The van der Waals surface area contributed by atoms with Gasteiger partial charge in [0.25, 0.3) is 0 Å². The number of nitrogens with zero attached hydrogens (tertiary/aromatic N) is 4. The van der Waals surface area contributed by atoms with E-state index in [1.165, 1.54) is 23.8 Å². The fraction of sp³-hybridized carbons (Fsp3) is 0.800. The summed E-state index contributed by atoms with van der Waals surface area (Å²) in [7, 11) is 4.28. The molecule has 0 saturated carbocycles. The van der Waals surface area contributed by atoms with Crippen LogP contribution < -0.4 is 10.2 Å². The summed E-state index contributed by atoms with van der Waals surface area (Å²) < 4.78 is 0. The van der Waals surface area contributed by atoms with Crippen molar-refractivity contribution >= 4 is 16.5 Å². The molecule has 120 valence electrons. The van der Waals surface area contributed by atoms with Crippen LogP contribution in [-0.4, -0.2) is 74.7 Å². The van der Waals surface area contributed by atoms with Crippen LogP contribution in [0.5, 0.6) is 0 Å². The third-order valence-corrected chi connectivity index (χ3v) is 4.73. The number of anilines is 1. The molecule has 1 aliphatic rings. The van der Waals surface area contributed by atoms with Gasteiger partial charge >= 0.3 is 0 Å². The lowest BCUT2D eigenvalue weighted by Crippen LogP contribution is -2.48. The fourth-order valence-corrected chi connectivity index (χ4v) is 3.30. The minimum atomic E-state index is 0.896. The van der Waals surface area contributed by atoms with Gasteiger partial charge in [-0.1, -0.05) is 6.92 Å². The van der Waals surface area contributed by atoms with E-state index >= 15 is 0 Å². The van der Waals surface area contributed by atoms with Crippen LogP contribution in [0.3, 0.4) is 0 Å². The molecule has 0 spiro atoms. The number of likely N-dealkylation sites (N-methyl/N-ethyl adjacent to an activating group) is 1. The van der Waals surface area contributed by atoms with Gasteiger partial charge in [0.1, 0.15) is 0 Å². The number of hydrogen-bond donors (Lipinski definition) is 1. The Balaban J connectivity index is 1.74. The Hall–Kier alpha value is -0.690. The van der Waals surface area contributed by atoms with Crippen LogP contribution in [0.2, 0.25) is 0 Å². The highest BCUT2D eigenvalue weighted by Crippen LogP contribution is 2.21. The second-order valence-electron chi connectivity index (χ2n) is 5.93. The first kappa shape index (κ1) is 16.7. The van der Waals surface area contributed by atoms with Crippen LogP contribution in [0.1, 0.15) is 19.0 Å². The minimum Gasteiger partial charge on any atom is -0.346 e. The van der Waals surface area contributed by atoms with Crippen LogP contribution in [-0.2, 0) is 6.54 Å². The Labute approximate surface area is 132 Å². The fourth-order valence-electron chi connectivity index (χ4n) is 2.42. The average molecular weight is 311 g/mol. The Morgan fingerprint density at radius 3 is 2.71 bits per heavy atom. The highest BCUT2D eigenvalue weighted by atomic mass is 32.1. The van der Waals surface area contributed by atoms with Gasteiger partial charge in [0, 0.05) is 51.2 Å². The van der Waals surface area contributed by atoms with E-state index in [4.69, 9.17) is 4.98 Å². The molecule has 0 aliphatic carbocycles. The average Bonchev–Trinajstić information content (AvgIpc) is 2.95. The number of nitrogens with one attached hydrogen (secondary N) is 1. The quantitative estimate of drug-likeness (QED) is 0.733. The lowest BCUT2D eigenvalue weighted by Gasteiger charge is -2.35. The molecule has 21 heavy (non-hydrogen) atoms. The first-order chi connectivity index (χ1) is 10.2. The van der Waals surface area contributed by atoms with E-state index in [0.717, 1.165) is 45.8 Å². The largest absolute Gasteiger partial charge is 0.346 e. The number of piperazine rings is 1. The monoisotopic (exact) mass is 311 g/mol. The van der Waals surface area contributed by atoms with E-state index in [0.29, 0.717) is 0 Å². The topological polar surface area (TPSA) is 34.6 Å². The Morgan fingerprint density at radius 1 is 1.29 bits per heavy atom. The third-order valence-electron chi connectivity index (χ3n) is 3.78. The van der Waals surface area contributed by atoms with E-state index in [1.54, 1.807) is 11.3 Å². The van der Waals surface area contributed by atoms with Gasteiger partial charge < -0.3 is 15.1 Å². The summed E-state index contributed by atoms with van der Waals surface area (Å²) in [6.07, 6.45) is 1.17. The minimum absolute atomic E-state index is 0.896. The van der Waals surface area contributed by atoms with Gasteiger partial charge in [-0.25, -0.2) is 4.98 Å². The number of thiazole rings is 1. The molecule has 1 fully saturated rings. The summed E-state index contributed by atoms with van der Waals surface area (Å²) in [5, 5.41) is 6.80. The molecular weight excluding hydrogens is 282 g/mol. The second-order valence-corrected chi connectivity index (χ2v) is 6.77. The van der Waals surface area contributed by atoms with E-state index in [2.05, 4.69) is 46.4 Å². The van der Waals surface area contributed by atoms with Crippen LogP contribution in [0, 0.1) is 0 Å². The van der Waals surface area contributed by atoms with Gasteiger partial charge in [-0.15, -0.1) is 11.3 Å². The first-order valence-corrected chi connectivity index (χ1v) is 8.84. The van der Waals surface area contributed by atoms with Crippen LogP contribution in [0.25, 0.3) is 0 Å². The van der Waals surface area contributed by atoms with E-state index < -0.39 is 0 Å². The first-order valence-electron chi connectivity index (χ1n) is 7.96. The SMILES string of the molecule is CCCNCc1csc(N2CCN(CCN(C)C)CC2)n1. The van der Waals surface area contributed by atoms with Gasteiger partial charge in [-0.2, -0.15) is 0 Å². The van der Waals surface area contributed by atoms with Crippen molar-refractivity contribution in [1.29, 1.82) is 0 Å². The van der Waals surface area contributed by atoms with Gasteiger partial charge in [0.15, 0.2) is 5.13 Å². The lowest BCUT2D eigenvalue weighted by molar-refractivity contribution is 0.229. The predicted octanol–water partition coefficient (Wildman–Crippen LogP) is 1.33. The molecular formula is C15H29N5S. The van der Waals surface area contributed by atoms with Gasteiger partial charge in [0.2, 0.25) is 0 Å². The Kier molecular flexibility index (Phi) is 6.89. The van der Waals surface area contributed by atoms with E-state index in [-0.39, 0.29) is 0 Å². The molecule has 0 aromatic carbocycles. The molecule has 0 amide bonds. The maximum atomic E-state index is 4.76. The van der Waals surface area contributed by atoms with Crippen molar-refractivity contribution in [1.82, 2.24) is 20.1 Å². The molecule has 5 nitrogen and oxygen atoms in total. The Bertz CT molecular complexity index is 399. The zero-order valence-corrected chi connectivity index (χ0v) is 14.5. The maximum Gasteiger partial charge on any atom is 0.185 e. The second kappa shape index (κ2) is 8.68. The molecule has 0 bridgehead atoms. The molecule has 1 saturated heterocycles. The molecule has 2 rings (SSSR count). The molecule has 2 heterocycles. The van der Waals surface area contributed by atoms with Crippen LogP contribution in [0.15, 0.2) is 5.38 Å². The van der Waals surface area contributed by atoms with Crippen LogP contribution >= 0.6 is 11.3 Å². The summed E-state index contributed by atoms with van der Waals surface area (Å²) in [6, 6.07) is 0. The lowest BCUT2D eigenvalue weighted by atomic mass is 10.3. The zero-order chi connectivity index (χ0) is 15.1. The normalized spacial score (nSPS) is 16.9. The smallest absolute Gasteiger partial charge is 0.185 e. The molecule has 1 N–H and O–H groups in total.